The quantitative estimate of drug-likeness (QED) is 0.340. The van der Waals surface area contributed by atoms with Gasteiger partial charge in [-0.15, -0.1) is 0 Å². The number of imide groups is 2. The molecule has 2 aromatic carbocycles. The van der Waals surface area contributed by atoms with Crippen molar-refractivity contribution in [1.29, 1.82) is 0 Å². The van der Waals surface area contributed by atoms with Crippen molar-refractivity contribution in [2.45, 2.75) is 70.8 Å². The Morgan fingerprint density at radius 2 is 1.70 bits per heavy atom. The Labute approximate surface area is 254 Å². The highest BCUT2D eigenvalue weighted by atomic mass is 35.5. The number of phenols is 1. The average molecular weight is 605 g/mol. The van der Waals surface area contributed by atoms with Gasteiger partial charge >= 0.3 is 0 Å². The van der Waals surface area contributed by atoms with E-state index in [1.807, 2.05) is 12.1 Å². The third-order valence-electron chi connectivity index (χ3n) is 11.0. The number of nitrogens with zero attached hydrogens (tertiary/aromatic N) is 2. The Balaban J connectivity index is 1.35. The predicted octanol–water partition coefficient (Wildman–Crippen LogP) is 6.06. The van der Waals surface area contributed by atoms with Gasteiger partial charge in [-0.25, -0.2) is 9.29 Å². The van der Waals surface area contributed by atoms with Gasteiger partial charge in [0.1, 0.15) is 11.6 Å². The van der Waals surface area contributed by atoms with Crippen LogP contribution in [0.3, 0.4) is 0 Å². The van der Waals surface area contributed by atoms with Gasteiger partial charge in [0.15, 0.2) is 0 Å². The molecule has 7 rings (SSSR count). The van der Waals surface area contributed by atoms with Crippen LogP contribution in [0.1, 0.15) is 68.9 Å². The van der Waals surface area contributed by atoms with Crippen LogP contribution in [0.2, 0.25) is 5.02 Å². The summed E-state index contributed by atoms with van der Waals surface area (Å²) >= 11 is 6.07. The minimum absolute atomic E-state index is 0.0828. The molecule has 0 bridgehead atoms. The van der Waals surface area contributed by atoms with E-state index in [9.17, 15) is 28.7 Å². The van der Waals surface area contributed by atoms with Crippen LogP contribution in [-0.4, -0.2) is 39.7 Å². The van der Waals surface area contributed by atoms with E-state index >= 15 is 0 Å². The largest absolute Gasteiger partial charge is 0.508 e. The maximum Gasteiger partial charge on any atom is 0.241 e. The lowest BCUT2D eigenvalue weighted by Gasteiger charge is -2.49. The van der Waals surface area contributed by atoms with Crippen LogP contribution in [0, 0.1) is 41.8 Å². The van der Waals surface area contributed by atoms with E-state index in [1.54, 1.807) is 26.0 Å². The fourth-order valence-electron chi connectivity index (χ4n) is 8.85. The monoisotopic (exact) mass is 604 g/mol. The molecule has 224 valence electrons. The van der Waals surface area contributed by atoms with Crippen LogP contribution in [0.25, 0.3) is 0 Å². The fourth-order valence-corrected chi connectivity index (χ4v) is 9.02. The van der Waals surface area contributed by atoms with Crippen molar-refractivity contribution in [3.63, 3.8) is 0 Å². The summed E-state index contributed by atoms with van der Waals surface area (Å²) in [5.74, 6) is -4.44. The number of rotatable bonds is 3. The molecule has 3 aliphatic carbocycles. The number of fused-ring (bicyclic) bond motifs is 4. The van der Waals surface area contributed by atoms with Gasteiger partial charge in [-0.05, 0) is 80.8 Å². The summed E-state index contributed by atoms with van der Waals surface area (Å²) in [6.45, 7) is 3.58. The maximum atomic E-state index is 14.4. The average Bonchev–Trinajstić information content (AvgIpc) is 3.36. The van der Waals surface area contributed by atoms with Crippen LogP contribution in [0.15, 0.2) is 48.0 Å². The van der Waals surface area contributed by atoms with Crippen molar-refractivity contribution in [3.05, 3.63) is 70.0 Å². The van der Waals surface area contributed by atoms with E-state index in [4.69, 9.17) is 11.6 Å². The molecule has 43 heavy (non-hydrogen) atoms. The summed E-state index contributed by atoms with van der Waals surface area (Å²) in [6.07, 6.45) is 7.42. The van der Waals surface area contributed by atoms with Crippen LogP contribution in [-0.2, 0) is 19.2 Å². The molecule has 0 spiro atoms. The van der Waals surface area contributed by atoms with Crippen molar-refractivity contribution in [2.75, 3.05) is 4.90 Å². The van der Waals surface area contributed by atoms with Gasteiger partial charge in [0.05, 0.1) is 33.9 Å². The van der Waals surface area contributed by atoms with Gasteiger partial charge in [0.2, 0.25) is 23.6 Å². The number of likely N-dealkylation sites (tertiary alicyclic amines) is 1. The Kier molecular flexibility index (Phi) is 6.58. The summed E-state index contributed by atoms with van der Waals surface area (Å²) in [4.78, 5) is 59.2. The van der Waals surface area contributed by atoms with E-state index in [0.717, 1.165) is 54.2 Å². The van der Waals surface area contributed by atoms with Gasteiger partial charge < -0.3 is 5.11 Å². The zero-order valence-corrected chi connectivity index (χ0v) is 24.9. The molecule has 4 amide bonds. The van der Waals surface area contributed by atoms with Crippen LogP contribution in [0.4, 0.5) is 10.1 Å². The minimum atomic E-state index is -1.22. The lowest BCUT2D eigenvalue weighted by atomic mass is 9.51. The second-order valence-electron chi connectivity index (χ2n) is 13.1. The molecule has 0 radical (unpaired) electrons. The third-order valence-corrected chi connectivity index (χ3v) is 11.3. The molecule has 6 atom stereocenters. The molecule has 7 nitrogen and oxygen atoms in total. The Morgan fingerprint density at radius 3 is 2.40 bits per heavy atom. The van der Waals surface area contributed by atoms with Crippen molar-refractivity contribution >= 4 is 40.9 Å². The first kappa shape index (κ1) is 28.3. The van der Waals surface area contributed by atoms with Crippen molar-refractivity contribution in [3.8, 4) is 5.75 Å². The molecule has 5 aliphatic rings. The first-order valence-electron chi connectivity index (χ1n) is 15.2. The SMILES string of the molecule is Cc1cc([C@H]2C3=CC[C@@H]4C(=O)N(C5CCCCC5)C(=O)[C@@H]4[C@@H]3C[C@H]3C(=O)N(c4ccc(F)c(Cl)c4)C(=O)[C@@]23C)ccc1O. The highest BCUT2D eigenvalue weighted by Crippen LogP contribution is 2.64. The van der Waals surface area contributed by atoms with Gasteiger partial charge in [0.25, 0.3) is 0 Å². The lowest BCUT2D eigenvalue weighted by Crippen LogP contribution is -2.49. The van der Waals surface area contributed by atoms with E-state index in [1.165, 1.54) is 17.0 Å². The summed E-state index contributed by atoms with van der Waals surface area (Å²) in [5, 5.41) is 10.1. The number of carbonyl (C=O) groups excluding carboxylic acids is 4. The van der Waals surface area contributed by atoms with Crippen LogP contribution >= 0.6 is 11.6 Å². The summed E-state index contributed by atoms with van der Waals surface area (Å²) in [6, 6.07) is 8.92. The van der Waals surface area contributed by atoms with E-state index in [2.05, 4.69) is 0 Å². The smallest absolute Gasteiger partial charge is 0.241 e. The lowest BCUT2D eigenvalue weighted by molar-refractivity contribution is -0.144. The van der Waals surface area contributed by atoms with Gasteiger partial charge in [-0.1, -0.05) is 54.6 Å². The molecule has 2 aromatic rings. The third kappa shape index (κ3) is 3.98. The standard InChI is InChI=1S/C34H34ClFN2O5/c1-17-14-18(8-13-27(17)39)29-21-10-11-22-28(32(42)37(30(22)40)19-6-4-3-5-7-19)23(21)16-24-31(41)38(33(43)34(24,29)2)20-9-12-26(36)25(35)15-20/h8-10,12-15,19,22-24,28-29,39H,3-7,11,16H2,1-2H3/t22-,23+,24-,28-,29-,34+/m0/s1. The van der Waals surface area contributed by atoms with Crippen molar-refractivity contribution < 1.29 is 28.7 Å². The van der Waals surface area contributed by atoms with E-state index in [0.29, 0.717) is 12.0 Å². The highest BCUT2D eigenvalue weighted by molar-refractivity contribution is 6.31. The molecule has 2 saturated carbocycles. The second-order valence-corrected chi connectivity index (χ2v) is 13.6. The topological polar surface area (TPSA) is 95.0 Å². The zero-order chi connectivity index (χ0) is 30.4. The number of anilines is 1. The number of aryl methyl sites for hydroxylation is 1. The van der Waals surface area contributed by atoms with Crippen molar-refractivity contribution in [1.82, 2.24) is 4.90 Å². The van der Waals surface area contributed by atoms with Crippen LogP contribution < -0.4 is 4.90 Å². The summed E-state index contributed by atoms with van der Waals surface area (Å²) < 4.78 is 14.1. The maximum absolute atomic E-state index is 14.4. The normalized spacial score (nSPS) is 32.6. The molecule has 2 saturated heterocycles. The van der Waals surface area contributed by atoms with Gasteiger partial charge in [-0.3, -0.25) is 24.1 Å². The summed E-state index contributed by atoms with van der Waals surface area (Å²) in [5.41, 5.74) is 1.27. The van der Waals surface area contributed by atoms with E-state index in [-0.39, 0.29) is 40.7 Å². The number of benzene rings is 2. The molecular weight excluding hydrogens is 571 g/mol. The molecule has 0 aromatic heterocycles. The molecule has 4 fully saturated rings. The second kappa shape index (κ2) is 10.0. The first-order chi connectivity index (χ1) is 20.5. The Morgan fingerprint density at radius 1 is 0.953 bits per heavy atom. The Hall–Kier alpha value is -3.52. The zero-order valence-electron chi connectivity index (χ0n) is 24.2. The number of carbonyl (C=O) groups is 4. The Bertz CT molecular complexity index is 1620. The minimum Gasteiger partial charge on any atom is -0.508 e. The van der Waals surface area contributed by atoms with Gasteiger partial charge in [-0.2, -0.15) is 0 Å². The van der Waals surface area contributed by atoms with E-state index < -0.39 is 52.6 Å². The number of hydrogen-bond acceptors (Lipinski definition) is 5. The van der Waals surface area contributed by atoms with Crippen molar-refractivity contribution in [2.24, 2.45) is 29.1 Å². The number of allylic oxidation sites excluding steroid dienone is 2. The first-order valence-corrected chi connectivity index (χ1v) is 15.6. The summed E-state index contributed by atoms with van der Waals surface area (Å²) in [7, 11) is 0. The predicted molar refractivity (Wildman–Crippen MR) is 158 cm³/mol. The molecular formula is C34H34ClFN2O5. The molecule has 9 heteroatoms. The number of amides is 4. The number of hydrogen-bond donors (Lipinski definition) is 1. The molecule has 2 aliphatic heterocycles. The highest BCUT2D eigenvalue weighted by Gasteiger charge is 2.67. The molecule has 0 unspecified atom stereocenters. The van der Waals surface area contributed by atoms with Crippen LogP contribution in [0.5, 0.6) is 5.75 Å². The number of phenolic OH excluding ortho intramolecular Hbond substituents is 1. The molecule has 2 heterocycles. The van der Waals surface area contributed by atoms with Gasteiger partial charge in [0, 0.05) is 12.0 Å². The number of halogens is 2. The fraction of sp³-hybridized carbons (Fsp3) is 0.471. The molecule has 1 N–H and O–H groups in total. The number of aromatic hydroxyl groups is 1.